The third kappa shape index (κ3) is 6.06. The van der Waals surface area contributed by atoms with E-state index in [1.165, 1.54) is 56.9 Å². The molecule has 6 nitrogen and oxygen atoms in total. The number of rotatable bonds is 8. The molecule has 0 spiro atoms. The SMILES string of the molecule is CN=C(NCC1(c2ccc(OC)c(OC)c2)CCCCC1)N(C)CCC1CCOCC1. The zero-order chi connectivity index (χ0) is 22.1. The van der Waals surface area contributed by atoms with Crippen molar-refractivity contribution in [3.05, 3.63) is 23.8 Å². The van der Waals surface area contributed by atoms with Gasteiger partial charge in [0.25, 0.3) is 0 Å². The highest BCUT2D eigenvalue weighted by molar-refractivity contribution is 5.79. The topological polar surface area (TPSA) is 55.3 Å². The second-order valence-electron chi connectivity index (χ2n) is 9.08. The van der Waals surface area contributed by atoms with Crippen molar-refractivity contribution in [3.8, 4) is 11.5 Å². The second-order valence-corrected chi connectivity index (χ2v) is 9.08. The summed E-state index contributed by atoms with van der Waals surface area (Å²) >= 11 is 0. The fourth-order valence-electron chi connectivity index (χ4n) is 5.11. The van der Waals surface area contributed by atoms with Gasteiger partial charge in [-0.3, -0.25) is 4.99 Å². The minimum atomic E-state index is 0.0925. The monoisotopic (exact) mass is 431 g/mol. The largest absolute Gasteiger partial charge is 0.493 e. The smallest absolute Gasteiger partial charge is 0.193 e. The number of nitrogens with zero attached hydrogens (tertiary/aromatic N) is 2. The lowest BCUT2D eigenvalue weighted by molar-refractivity contribution is 0.0625. The molecule has 1 aliphatic heterocycles. The maximum Gasteiger partial charge on any atom is 0.193 e. The van der Waals surface area contributed by atoms with Gasteiger partial charge in [-0.2, -0.15) is 0 Å². The molecular formula is C25H41N3O3. The Morgan fingerprint density at radius 2 is 1.84 bits per heavy atom. The Morgan fingerprint density at radius 3 is 2.48 bits per heavy atom. The number of benzene rings is 1. The molecule has 1 aliphatic carbocycles. The summed E-state index contributed by atoms with van der Waals surface area (Å²) in [5, 5.41) is 3.71. The summed E-state index contributed by atoms with van der Waals surface area (Å²) in [5.74, 6) is 3.35. The van der Waals surface area contributed by atoms with Crippen LogP contribution in [0.1, 0.15) is 56.9 Å². The van der Waals surface area contributed by atoms with E-state index in [1.54, 1.807) is 14.2 Å². The summed E-state index contributed by atoms with van der Waals surface area (Å²) in [7, 11) is 7.44. The molecule has 0 atom stereocenters. The van der Waals surface area contributed by atoms with Crippen LogP contribution in [0.5, 0.6) is 11.5 Å². The number of hydrogen-bond donors (Lipinski definition) is 1. The van der Waals surface area contributed by atoms with Crippen molar-refractivity contribution in [3.63, 3.8) is 0 Å². The van der Waals surface area contributed by atoms with E-state index in [0.717, 1.165) is 49.7 Å². The average Bonchev–Trinajstić information content (AvgIpc) is 2.83. The second kappa shape index (κ2) is 11.6. The molecule has 2 aliphatic rings. The van der Waals surface area contributed by atoms with E-state index in [1.807, 2.05) is 13.1 Å². The molecule has 31 heavy (non-hydrogen) atoms. The van der Waals surface area contributed by atoms with E-state index >= 15 is 0 Å². The lowest BCUT2D eigenvalue weighted by atomic mass is 9.69. The minimum absolute atomic E-state index is 0.0925. The first-order valence-electron chi connectivity index (χ1n) is 11.8. The molecule has 0 radical (unpaired) electrons. The molecule has 1 aromatic carbocycles. The summed E-state index contributed by atoms with van der Waals surface area (Å²) in [5.41, 5.74) is 1.42. The van der Waals surface area contributed by atoms with Gasteiger partial charge in [-0.15, -0.1) is 0 Å². The molecule has 0 aromatic heterocycles. The standard InChI is InChI=1S/C25H41N3O3/c1-26-24(28(2)15-10-20-11-16-31-17-12-20)27-19-25(13-6-5-7-14-25)21-8-9-22(29-3)23(18-21)30-4/h8-9,18,20H,5-7,10-17,19H2,1-4H3,(H,26,27). The summed E-state index contributed by atoms with van der Waals surface area (Å²) in [6, 6.07) is 6.43. The van der Waals surface area contributed by atoms with Crippen molar-refractivity contribution >= 4 is 5.96 Å². The molecule has 3 rings (SSSR count). The molecule has 0 unspecified atom stereocenters. The van der Waals surface area contributed by atoms with Crippen LogP contribution >= 0.6 is 0 Å². The molecule has 6 heteroatoms. The Balaban J connectivity index is 1.67. The van der Waals surface area contributed by atoms with Crippen LogP contribution in [0.4, 0.5) is 0 Å². The Kier molecular flexibility index (Phi) is 8.88. The highest BCUT2D eigenvalue weighted by Gasteiger charge is 2.35. The maximum absolute atomic E-state index is 5.60. The zero-order valence-electron chi connectivity index (χ0n) is 19.9. The van der Waals surface area contributed by atoms with E-state index in [-0.39, 0.29) is 5.41 Å². The van der Waals surface area contributed by atoms with Gasteiger partial charge in [0, 0.05) is 45.8 Å². The van der Waals surface area contributed by atoms with Crippen LogP contribution in [0.3, 0.4) is 0 Å². The third-order valence-electron chi connectivity index (χ3n) is 7.18. The fourth-order valence-corrected chi connectivity index (χ4v) is 5.11. The van der Waals surface area contributed by atoms with Gasteiger partial charge < -0.3 is 24.4 Å². The van der Waals surface area contributed by atoms with Crippen molar-refractivity contribution in [1.82, 2.24) is 10.2 Å². The van der Waals surface area contributed by atoms with E-state index in [4.69, 9.17) is 14.2 Å². The van der Waals surface area contributed by atoms with Crippen molar-refractivity contribution in [1.29, 1.82) is 0 Å². The first-order valence-corrected chi connectivity index (χ1v) is 11.8. The normalized spacial score (nSPS) is 19.7. The highest BCUT2D eigenvalue weighted by Crippen LogP contribution is 2.42. The quantitative estimate of drug-likeness (QED) is 0.493. The Labute approximate surface area is 188 Å². The van der Waals surface area contributed by atoms with Crippen LogP contribution < -0.4 is 14.8 Å². The number of guanidine groups is 1. The van der Waals surface area contributed by atoms with Crippen molar-refractivity contribution in [2.24, 2.45) is 10.9 Å². The molecular weight excluding hydrogens is 390 g/mol. The van der Waals surface area contributed by atoms with Crippen LogP contribution in [0, 0.1) is 5.92 Å². The molecule has 0 bridgehead atoms. The molecule has 2 fully saturated rings. The molecule has 174 valence electrons. The van der Waals surface area contributed by atoms with Gasteiger partial charge in [0.15, 0.2) is 17.5 Å². The maximum atomic E-state index is 5.60. The first kappa shape index (κ1) is 23.7. The Bertz CT molecular complexity index is 710. The van der Waals surface area contributed by atoms with Gasteiger partial charge in [0.1, 0.15) is 0 Å². The third-order valence-corrected chi connectivity index (χ3v) is 7.18. The lowest BCUT2D eigenvalue weighted by Crippen LogP contribution is -2.47. The summed E-state index contributed by atoms with van der Waals surface area (Å²) in [6.07, 6.45) is 9.75. The molecule has 1 N–H and O–H groups in total. The van der Waals surface area contributed by atoms with Gasteiger partial charge in [-0.25, -0.2) is 0 Å². The van der Waals surface area contributed by atoms with E-state index < -0.39 is 0 Å². The number of methoxy groups -OCH3 is 2. The van der Waals surface area contributed by atoms with Crippen molar-refractivity contribution in [2.45, 2.75) is 56.8 Å². The average molecular weight is 432 g/mol. The van der Waals surface area contributed by atoms with Gasteiger partial charge in [-0.1, -0.05) is 25.3 Å². The molecule has 0 amide bonds. The predicted molar refractivity (Wildman–Crippen MR) is 126 cm³/mol. The van der Waals surface area contributed by atoms with Crippen LogP contribution in [0.2, 0.25) is 0 Å². The van der Waals surface area contributed by atoms with E-state index in [2.05, 4.69) is 34.4 Å². The minimum Gasteiger partial charge on any atom is -0.493 e. The zero-order valence-corrected chi connectivity index (χ0v) is 19.9. The number of nitrogens with one attached hydrogen (secondary N) is 1. The van der Waals surface area contributed by atoms with Crippen molar-refractivity contribution < 1.29 is 14.2 Å². The molecule has 1 saturated carbocycles. The highest BCUT2D eigenvalue weighted by atomic mass is 16.5. The molecule has 1 saturated heterocycles. The first-order chi connectivity index (χ1) is 15.1. The van der Waals surface area contributed by atoms with Gasteiger partial charge >= 0.3 is 0 Å². The fraction of sp³-hybridized carbons (Fsp3) is 0.720. The Morgan fingerprint density at radius 1 is 1.13 bits per heavy atom. The van der Waals surface area contributed by atoms with Crippen molar-refractivity contribution in [2.75, 3.05) is 54.6 Å². The van der Waals surface area contributed by atoms with Crippen LogP contribution in [-0.4, -0.2) is 65.5 Å². The van der Waals surface area contributed by atoms with Crippen LogP contribution in [0.15, 0.2) is 23.2 Å². The number of aliphatic imine (C=N–C) groups is 1. The molecule has 1 heterocycles. The van der Waals surface area contributed by atoms with Crippen LogP contribution in [-0.2, 0) is 10.2 Å². The lowest BCUT2D eigenvalue weighted by Gasteiger charge is -2.39. The summed E-state index contributed by atoms with van der Waals surface area (Å²) < 4.78 is 16.6. The summed E-state index contributed by atoms with van der Waals surface area (Å²) in [6.45, 7) is 3.73. The van der Waals surface area contributed by atoms with E-state index in [0.29, 0.717) is 0 Å². The number of ether oxygens (including phenoxy) is 3. The van der Waals surface area contributed by atoms with Gasteiger partial charge in [-0.05, 0) is 55.7 Å². The van der Waals surface area contributed by atoms with E-state index in [9.17, 15) is 0 Å². The predicted octanol–water partition coefficient (Wildman–Crippen LogP) is 4.23. The van der Waals surface area contributed by atoms with Gasteiger partial charge in [0.05, 0.1) is 14.2 Å². The Hall–Kier alpha value is -1.95. The van der Waals surface area contributed by atoms with Gasteiger partial charge in [0.2, 0.25) is 0 Å². The number of hydrogen-bond acceptors (Lipinski definition) is 4. The molecule has 1 aromatic rings. The van der Waals surface area contributed by atoms with Crippen LogP contribution in [0.25, 0.3) is 0 Å². The summed E-state index contributed by atoms with van der Waals surface area (Å²) in [4.78, 5) is 6.86.